The van der Waals surface area contributed by atoms with Crippen LogP contribution in [-0.2, 0) is 4.79 Å². The molecule has 2 N–H and O–H groups in total. The van der Waals surface area contributed by atoms with Crippen LogP contribution in [-0.4, -0.2) is 44.2 Å². The monoisotopic (exact) mass is 362 g/mol. The van der Waals surface area contributed by atoms with Gasteiger partial charge in [0, 0.05) is 10.7 Å². The molecule has 0 aromatic heterocycles. The van der Waals surface area contributed by atoms with Crippen LogP contribution < -0.4 is 15.1 Å². The highest BCUT2D eigenvalue weighted by atomic mass is 35.5. The van der Waals surface area contributed by atoms with E-state index in [0.29, 0.717) is 6.54 Å². The van der Waals surface area contributed by atoms with Gasteiger partial charge in [-0.3, -0.25) is 4.79 Å². The summed E-state index contributed by atoms with van der Waals surface area (Å²) in [6.45, 7) is 10.3. The van der Waals surface area contributed by atoms with Gasteiger partial charge in [-0.25, -0.2) is 0 Å². The molecule has 1 aliphatic rings. The predicted octanol–water partition coefficient (Wildman–Crippen LogP) is 1.66. The fraction of sp³-hybridized carbons (Fsp3) is 0.550. The number of anilines is 1. The van der Waals surface area contributed by atoms with E-state index in [-0.39, 0.29) is 5.91 Å². The van der Waals surface area contributed by atoms with E-state index in [1.807, 2.05) is 26.0 Å². The van der Waals surface area contributed by atoms with Crippen molar-refractivity contribution in [2.24, 2.45) is 0 Å². The molecule has 1 amide bonds. The molecule has 0 spiro atoms. The molecule has 0 radical (unpaired) electrons. The zero-order valence-electron chi connectivity index (χ0n) is 15.5. The van der Waals surface area contributed by atoms with Crippen LogP contribution in [0.1, 0.15) is 32.3 Å². The molecule has 0 bridgehead atoms. The first-order chi connectivity index (χ1) is 11.9. The first-order valence-corrected chi connectivity index (χ1v) is 9.44. The van der Waals surface area contributed by atoms with Gasteiger partial charge in [0.2, 0.25) is 0 Å². The Hall–Kier alpha value is -1.70. The van der Waals surface area contributed by atoms with Crippen LogP contribution in [0.3, 0.4) is 0 Å². The highest BCUT2D eigenvalue weighted by Gasteiger charge is 2.28. The van der Waals surface area contributed by atoms with Crippen LogP contribution in [0.4, 0.5) is 5.69 Å². The van der Waals surface area contributed by atoms with E-state index in [0.717, 1.165) is 44.0 Å². The largest absolute Gasteiger partial charge is 0.360 e. The summed E-state index contributed by atoms with van der Waals surface area (Å²) in [6, 6.07) is 6.00. The quantitative estimate of drug-likeness (QED) is 0.755. The van der Waals surface area contributed by atoms with Gasteiger partial charge in [-0.2, -0.15) is 0 Å². The standard InChI is InChI=1S/C20H28ClN3O/c1-5-20(6-2,7-3)22-19(25)15-23-10-12-24(13-11-23)18-14-17(21)9-8-16(18)4/h1,8-9,14H,6-7,10-13,15H2,2-4H3,(H,22,25)/p+1. The SMILES string of the molecule is C#CC(CC)(CC)NC(=O)C[NH+]1CCN(c2cc(Cl)ccc2C)CC1. The van der Waals surface area contributed by atoms with Gasteiger partial charge >= 0.3 is 0 Å². The molecule has 136 valence electrons. The van der Waals surface area contributed by atoms with Gasteiger partial charge in [0.15, 0.2) is 6.54 Å². The van der Waals surface area contributed by atoms with Gasteiger partial charge in [-0.05, 0) is 37.5 Å². The number of carbonyl (C=O) groups is 1. The minimum Gasteiger partial charge on any atom is -0.360 e. The van der Waals surface area contributed by atoms with Crippen molar-refractivity contribution < 1.29 is 9.69 Å². The maximum absolute atomic E-state index is 12.4. The maximum atomic E-state index is 12.4. The topological polar surface area (TPSA) is 36.8 Å². The minimum atomic E-state index is -0.504. The number of carbonyl (C=O) groups excluding carboxylic acids is 1. The fourth-order valence-corrected chi connectivity index (χ4v) is 3.54. The van der Waals surface area contributed by atoms with E-state index < -0.39 is 5.54 Å². The van der Waals surface area contributed by atoms with Crippen molar-refractivity contribution in [2.75, 3.05) is 37.6 Å². The van der Waals surface area contributed by atoms with Crippen LogP contribution in [0.2, 0.25) is 5.02 Å². The van der Waals surface area contributed by atoms with Crippen molar-refractivity contribution in [3.05, 3.63) is 28.8 Å². The van der Waals surface area contributed by atoms with E-state index in [1.165, 1.54) is 16.2 Å². The van der Waals surface area contributed by atoms with Crippen LogP contribution >= 0.6 is 11.6 Å². The molecular weight excluding hydrogens is 334 g/mol. The van der Waals surface area contributed by atoms with Crippen molar-refractivity contribution in [2.45, 2.75) is 39.2 Å². The Morgan fingerprint density at radius 3 is 2.56 bits per heavy atom. The van der Waals surface area contributed by atoms with E-state index >= 15 is 0 Å². The Bertz CT molecular complexity index is 641. The zero-order chi connectivity index (χ0) is 18.4. The molecule has 4 nitrogen and oxygen atoms in total. The summed E-state index contributed by atoms with van der Waals surface area (Å²) < 4.78 is 0. The Morgan fingerprint density at radius 2 is 2.00 bits per heavy atom. The molecule has 0 aliphatic carbocycles. The van der Waals surface area contributed by atoms with Crippen molar-refractivity contribution in [1.82, 2.24) is 5.32 Å². The number of benzene rings is 1. The molecule has 1 aromatic rings. The Kier molecular flexibility index (Phi) is 6.75. The van der Waals surface area contributed by atoms with Crippen molar-refractivity contribution in [3.63, 3.8) is 0 Å². The molecule has 25 heavy (non-hydrogen) atoms. The maximum Gasteiger partial charge on any atom is 0.276 e. The highest BCUT2D eigenvalue weighted by Crippen LogP contribution is 2.24. The molecule has 1 heterocycles. The number of hydrogen-bond donors (Lipinski definition) is 2. The summed E-state index contributed by atoms with van der Waals surface area (Å²) in [6.07, 6.45) is 7.14. The lowest BCUT2D eigenvalue weighted by molar-refractivity contribution is -0.892. The van der Waals surface area contributed by atoms with E-state index in [1.54, 1.807) is 0 Å². The molecule has 5 heteroatoms. The molecular formula is C20H29ClN3O+. The minimum absolute atomic E-state index is 0.0454. The number of terminal acetylenes is 1. The molecule has 1 fully saturated rings. The number of piperazine rings is 1. The smallest absolute Gasteiger partial charge is 0.276 e. The highest BCUT2D eigenvalue weighted by molar-refractivity contribution is 6.30. The molecule has 2 rings (SSSR count). The second kappa shape index (κ2) is 8.60. The summed E-state index contributed by atoms with van der Waals surface area (Å²) in [5.41, 5.74) is 1.92. The van der Waals surface area contributed by atoms with Crippen LogP contribution in [0.15, 0.2) is 18.2 Å². The van der Waals surface area contributed by atoms with Crippen LogP contribution in [0.25, 0.3) is 0 Å². The number of amides is 1. The number of nitrogens with zero attached hydrogens (tertiary/aromatic N) is 1. The Morgan fingerprint density at radius 1 is 1.36 bits per heavy atom. The van der Waals surface area contributed by atoms with Gasteiger partial charge < -0.3 is 15.1 Å². The summed E-state index contributed by atoms with van der Waals surface area (Å²) >= 11 is 6.14. The van der Waals surface area contributed by atoms with Gasteiger partial charge in [-0.1, -0.05) is 37.4 Å². The second-order valence-corrected chi connectivity index (χ2v) is 7.26. The number of aryl methyl sites for hydroxylation is 1. The first kappa shape index (κ1) is 19.6. The summed E-state index contributed by atoms with van der Waals surface area (Å²) in [7, 11) is 0. The summed E-state index contributed by atoms with van der Waals surface area (Å²) in [4.78, 5) is 16.0. The fourth-order valence-electron chi connectivity index (χ4n) is 3.37. The molecule has 0 unspecified atom stereocenters. The van der Waals surface area contributed by atoms with Crippen molar-refractivity contribution in [1.29, 1.82) is 0 Å². The van der Waals surface area contributed by atoms with E-state index in [2.05, 4.69) is 29.1 Å². The number of hydrogen-bond acceptors (Lipinski definition) is 2. The average molecular weight is 363 g/mol. The number of nitrogens with one attached hydrogen (secondary N) is 2. The van der Waals surface area contributed by atoms with Gasteiger partial charge in [0.1, 0.15) is 5.54 Å². The lowest BCUT2D eigenvalue weighted by Crippen LogP contribution is -3.16. The number of halogens is 1. The molecule has 0 saturated carbocycles. The number of quaternary nitrogens is 1. The molecule has 1 saturated heterocycles. The van der Waals surface area contributed by atoms with Gasteiger partial charge in [0.05, 0.1) is 26.2 Å². The number of rotatable bonds is 6. The second-order valence-electron chi connectivity index (χ2n) is 6.83. The third-order valence-electron chi connectivity index (χ3n) is 5.26. The Labute approximate surface area is 156 Å². The zero-order valence-corrected chi connectivity index (χ0v) is 16.2. The summed E-state index contributed by atoms with van der Waals surface area (Å²) in [5.74, 6) is 2.81. The Balaban J connectivity index is 1.89. The normalized spacial score (nSPS) is 15.7. The first-order valence-electron chi connectivity index (χ1n) is 9.06. The molecule has 1 aromatic carbocycles. The van der Waals surface area contributed by atoms with E-state index in [9.17, 15) is 4.79 Å². The summed E-state index contributed by atoms with van der Waals surface area (Å²) in [5, 5.41) is 3.82. The van der Waals surface area contributed by atoms with Gasteiger partial charge in [0.25, 0.3) is 5.91 Å². The van der Waals surface area contributed by atoms with E-state index in [4.69, 9.17) is 18.0 Å². The molecule has 0 atom stereocenters. The van der Waals surface area contributed by atoms with Crippen molar-refractivity contribution in [3.8, 4) is 12.3 Å². The third-order valence-corrected chi connectivity index (χ3v) is 5.49. The predicted molar refractivity (Wildman–Crippen MR) is 104 cm³/mol. The van der Waals surface area contributed by atoms with Crippen LogP contribution in [0, 0.1) is 19.3 Å². The van der Waals surface area contributed by atoms with Gasteiger partial charge in [-0.15, -0.1) is 6.42 Å². The lowest BCUT2D eigenvalue weighted by Gasteiger charge is -2.35. The van der Waals surface area contributed by atoms with Crippen molar-refractivity contribution >= 4 is 23.2 Å². The van der Waals surface area contributed by atoms with Crippen LogP contribution in [0.5, 0.6) is 0 Å². The molecule has 1 aliphatic heterocycles. The third kappa shape index (κ3) is 4.90. The lowest BCUT2D eigenvalue weighted by atomic mass is 9.94. The average Bonchev–Trinajstić information content (AvgIpc) is 2.62.